The number of nitrogens with one attached hydrogen (secondary N) is 1. The van der Waals surface area contributed by atoms with Crippen molar-refractivity contribution in [2.45, 2.75) is 90.5 Å². The minimum absolute atomic E-state index is 0.00713. The van der Waals surface area contributed by atoms with Gasteiger partial charge in [-0.25, -0.2) is 0 Å². The summed E-state index contributed by atoms with van der Waals surface area (Å²) >= 11 is 1.20. The molecule has 9 atom stereocenters. The number of fused-ring (bicyclic) bond motifs is 14. The molecule has 3 N–H and O–H groups in total. The number of ketones is 3. The summed E-state index contributed by atoms with van der Waals surface area (Å²) in [7, 11) is 1.45. The Bertz CT molecular complexity index is 1740. The highest BCUT2D eigenvalue weighted by Gasteiger charge is 2.51. The summed E-state index contributed by atoms with van der Waals surface area (Å²) in [6.45, 7) is 12.8. The van der Waals surface area contributed by atoms with Gasteiger partial charge < -0.3 is 34.5 Å². The molecule has 12 nitrogen and oxygen atoms in total. The predicted octanol–water partition coefficient (Wildman–Crippen LogP) is 4.65. The van der Waals surface area contributed by atoms with E-state index in [1.807, 2.05) is 0 Å². The molecule has 0 saturated heterocycles. The van der Waals surface area contributed by atoms with E-state index in [2.05, 4.69) is 5.32 Å². The van der Waals surface area contributed by atoms with Crippen molar-refractivity contribution in [3.8, 4) is 5.75 Å². The first-order valence-corrected chi connectivity index (χ1v) is 18.0. The van der Waals surface area contributed by atoms with Crippen LogP contribution in [-0.2, 0) is 23.8 Å². The molecule has 5 bridgehead atoms. The fraction of sp³-hybridized carbons (Fsp3) is 0.500. The Morgan fingerprint density at radius 1 is 0.961 bits per heavy atom. The summed E-state index contributed by atoms with van der Waals surface area (Å²) in [6.07, 6.45) is 6.50. The minimum Gasteiger partial charge on any atom is -0.462 e. The van der Waals surface area contributed by atoms with E-state index in [1.165, 1.54) is 58.1 Å². The molecule has 5 rings (SSSR count). The minimum atomic E-state index is -1.93. The number of allylic oxidation sites excluding steroid dienone is 4. The lowest BCUT2D eigenvalue weighted by Crippen LogP contribution is -2.46. The number of esters is 1. The third kappa shape index (κ3) is 7.62. The zero-order valence-corrected chi connectivity index (χ0v) is 31.4. The highest BCUT2D eigenvalue weighted by atomic mass is 32.2. The first-order valence-electron chi connectivity index (χ1n) is 16.8. The first kappa shape index (κ1) is 39.7. The quantitative estimate of drug-likeness (QED) is 0.291. The summed E-state index contributed by atoms with van der Waals surface area (Å²) in [5, 5.41) is 25.2. The van der Waals surface area contributed by atoms with Gasteiger partial charge in [0, 0.05) is 72.3 Å². The molecule has 3 heterocycles. The molecule has 1 aliphatic carbocycles. The molecule has 13 heteroatoms. The number of amides is 1. The molecule has 51 heavy (non-hydrogen) atoms. The molecule has 1 amide bonds. The molecule has 0 aromatic heterocycles. The van der Waals surface area contributed by atoms with Crippen molar-refractivity contribution in [2.75, 3.05) is 13.4 Å². The second kappa shape index (κ2) is 15.7. The lowest BCUT2D eigenvalue weighted by atomic mass is 9.78. The topological polar surface area (TPSA) is 175 Å². The Morgan fingerprint density at radius 3 is 2.24 bits per heavy atom. The van der Waals surface area contributed by atoms with Crippen LogP contribution in [0.25, 0.3) is 0 Å². The van der Waals surface area contributed by atoms with Gasteiger partial charge in [-0.05, 0) is 26.2 Å². The average molecular weight is 726 g/mol. The number of hydrogen-bond acceptors (Lipinski definition) is 12. The average Bonchev–Trinajstić information content (AvgIpc) is 3.35. The molecule has 3 aliphatic heterocycles. The van der Waals surface area contributed by atoms with Crippen molar-refractivity contribution < 1.29 is 53.1 Å². The third-order valence-corrected chi connectivity index (χ3v) is 10.9. The lowest BCUT2D eigenvalue weighted by molar-refractivity contribution is -0.160. The maximum Gasteiger partial charge on any atom is 0.312 e. The number of carbonyl (C=O) groups is 5. The Balaban J connectivity index is 1.85. The van der Waals surface area contributed by atoms with Gasteiger partial charge in [-0.3, -0.25) is 24.0 Å². The highest BCUT2D eigenvalue weighted by Crippen LogP contribution is 2.47. The first-order chi connectivity index (χ1) is 23.9. The van der Waals surface area contributed by atoms with Gasteiger partial charge in [0.2, 0.25) is 5.78 Å². The second-order valence-corrected chi connectivity index (χ2v) is 14.4. The number of carbonyl (C=O) groups excluding carboxylic acids is 5. The normalized spacial score (nSPS) is 34.0. The Labute approximate surface area is 302 Å². The highest BCUT2D eigenvalue weighted by molar-refractivity contribution is 7.98. The molecule has 0 spiro atoms. The number of ether oxygens (including phenoxy) is 4. The van der Waals surface area contributed by atoms with Crippen LogP contribution in [0.2, 0.25) is 0 Å². The summed E-state index contributed by atoms with van der Waals surface area (Å²) in [4.78, 5) is 67.5. The maximum absolute atomic E-state index is 14.0. The second-order valence-electron chi connectivity index (χ2n) is 13.6. The molecule has 1 aromatic rings. The van der Waals surface area contributed by atoms with E-state index in [9.17, 15) is 34.2 Å². The van der Waals surface area contributed by atoms with E-state index in [1.54, 1.807) is 53.0 Å². The van der Waals surface area contributed by atoms with Crippen LogP contribution in [0.3, 0.4) is 0 Å². The van der Waals surface area contributed by atoms with E-state index < -0.39 is 83.1 Å². The molecule has 0 radical (unpaired) electrons. The van der Waals surface area contributed by atoms with Gasteiger partial charge in [-0.2, -0.15) is 0 Å². The summed E-state index contributed by atoms with van der Waals surface area (Å²) in [5.74, 6) is -7.34. The summed E-state index contributed by atoms with van der Waals surface area (Å²) in [5.41, 5.74) is 0.197. The van der Waals surface area contributed by atoms with Gasteiger partial charge in [-0.15, -0.1) is 11.8 Å². The van der Waals surface area contributed by atoms with Crippen LogP contribution in [0.15, 0.2) is 52.8 Å². The zero-order valence-electron chi connectivity index (χ0n) is 30.6. The van der Waals surface area contributed by atoms with Gasteiger partial charge in [-0.1, -0.05) is 45.9 Å². The largest absolute Gasteiger partial charge is 0.462 e. The predicted molar refractivity (Wildman–Crippen MR) is 189 cm³/mol. The molecule has 0 saturated carbocycles. The monoisotopic (exact) mass is 725 g/mol. The SMILES string of the molecule is CO[C@H]1/C=C/O[C@@]2(C)Oc3c(C)c(SC)c4c(c3C2=O)C(=O)C=C(NC(=O)/C(C)=C\C=C\[C@H](C)[C@H](O)[C@@H](C)[C@@H](O)[C@@H](C)[C@H](OC(C)=O)[C@@H]1C)C4=O. The maximum atomic E-state index is 14.0. The molecule has 0 fully saturated rings. The van der Waals surface area contributed by atoms with Crippen molar-refractivity contribution in [2.24, 2.45) is 23.7 Å². The summed E-state index contributed by atoms with van der Waals surface area (Å²) in [6, 6.07) is 0. The Hall–Kier alpha value is -4.04. The van der Waals surface area contributed by atoms with E-state index in [0.717, 1.165) is 6.08 Å². The third-order valence-electron chi connectivity index (χ3n) is 9.98. The van der Waals surface area contributed by atoms with Crippen molar-refractivity contribution >= 4 is 41.0 Å². The number of aliphatic hydroxyl groups is 2. The van der Waals surface area contributed by atoms with Crippen molar-refractivity contribution in [3.63, 3.8) is 0 Å². The Kier molecular flexibility index (Phi) is 12.2. The van der Waals surface area contributed by atoms with E-state index in [0.29, 0.717) is 10.5 Å². The fourth-order valence-corrected chi connectivity index (χ4v) is 7.66. The number of methoxy groups -OCH3 is 1. The van der Waals surface area contributed by atoms with Gasteiger partial charge in [0.05, 0.1) is 41.4 Å². The van der Waals surface area contributed by atoms with Crippen LogP contribution < -0.4 is 10.1 Å². The number of benzene rings is 1. The van der Waals surface area contributed by atoms with E-state index in [-0.39, 0.29) is 33.7 Å². The van der Waals surface area contributed by atoms with Crippen LogP contribution in [0.4, 0.5) is 0 Å². The van der Waals surface area contributed by atoms with Gasteiger partial charge in [0.25, 0.3) is 11.7 Å². The number of Topliss-reactive ketones (excluding diaryl/α,β-unsaturated/α-hetero) is 2. The smallest absolute Gasteiger partial charge is 0.312 e. The lowest BCUT2D eigenvalue weighted by Gasteiger charge is -2.38. The molecule has 1 aromatic carbocycles. The molecular weight excluding hydrogens is 678 g/mol. The number of aliphatic hydroxyl groups excluding tert-OH is 2. The van der Waals surface area contributed by atoms with Crippen LogP contribution in [-0.4, -0.2) is 83.0 Å². The van der Waals surface area contributed by atoms with E-state index in [4.69, 9.17) is 18.9 Å². The van der Waals surface area contributed by atoms with E-state index >= 15 is 0 Å². The molecule has 276 valence electrons. The zero-order chi connectivity index (χ0) is 38.1. The fourth-order valence-electron chi connectivity index (χ4n) is 6.86. The van der Waals surface area contributed by atoms with Crippen LogP contribution in [0, 0.1) is 30.6 Å². The van der Waals surface area contributed by atoms with Gasteiger partial charge >= 0.3 is 11.8 Å². The molecular formula is C38H47NO11S. The van der Waals surface area contributed by atoms with Crippen molar-refractivity contribution in [1.29, 1.82) is 0 Å². The standard InChI is InChI=1S/C38H47NO11S/c1-17-12-11-13-18(2)37(46)39-24-16-25(41)27-28(32(24)44)35(51-10)22(6)34-29(27)36(45)38(8,50-34)48-15-14-26(47-9)19(3)33(49-23(7)40)21(5)31(43)20(4)30(17)42/h11-17,19-21,26,30-31,33,42-43H,1-10H3,(H,39,46)/b12-11+,15-14+,18-13-/t17-,19+,20+,21+,26-,30-,31+,33+,38-/m0/s1. The number of thioether (sulfide) groups is 1. The van der Waals surface area contributed by atoms with Crippen molar-refractivity contribution in [3.05, 3.63) is 70.2 Å². The van der Waals surface area contributed by atoms with Gasteiger partial charge in [0.1, 0.15) is 11.9 Å². The summed E-state index contributed by atoms with van der Waals surface area (Å²) < 4.78 is 23.5. The van der Waals surface area contributed by atoms with Crippen molar-refractivity contribution in [1.82, 2.24) is 5.32 Å². The van der Waals surface area contributed by atoms with Crippen LogP contribution in [0.1, 0.15) is 85.1 Å². The van der Waals surface area contributed by atoms with Gasteiger partial charge in [0.15, 0.2) is 5.78 Å². The number of rotatable bonds is 3. The Morgan fingerprint density at radius 2 is 1.63 bits per heavy atom. The number of hydrogen-bond donors (Lipinski definition) is 3. The molecule has 0 unspecified atom stereocenters. The van der Waals surface area contributed by atoms with Crippen LogP contribution in [0.5, 0.6) is 5.75 Å². The van der Waals surface area contributed by atoms with Crippen LogP contribution >= 0.6 is 11.8 Å². The molecule has 4 aliphatic rings.